The van der Waals surface area contributed by atoms with Gasteiger partial charge in [-0.2, -0.15) is 0 Å². The Bertz CT molecular complexity index is 454. The summed E-state index contributed by atoms with van der Waals surface area (Å²) in [6.07, 6.45) is 2.64. The van der Waals surface area contributed by atoms with Crippen molar-refractivity contribution < 1.29 is 4.74 Å². The van der Waals surface area contributed by atoms with E-state index in [-0.39, 0.29) is 6.04 Å². The largest absolute Gasteiger partial charge is 0.477 e. The van der Waals surface area contributed by atoms with Crippen LogP contribution in [0.25, 0.3) is 0 Å². The molecule has 2 aromatic rings. The van der Waals surface area contributed by atoms with Crippen molar-refractivity contribution in [2.24, 2.45) is 5.73 Å². The lowest BCUT2D eigenvalue weighted by Crippen LogP contribution is -2.10. The van der Waals surface area contributed by atoms with Gasteiger partial charge in [0.2, 0.25) is 5.88 Å². The maximum absolute atomic E-state index is 5.86. The summed E-state index contributed by atoms with van der Waals surface area (Å²) in [5, 5.41) is 2.07. The van der Waals surface area contributed by atoms with E-state index >= 15 is 0 Å². The van der Waals surface area contributed by atoms with Crippen LogP contribution >= 0.6 is 11.3 Å². The molecule has 0 aliphatic heterocycles. The Morgan fingerprint density at radius 3 is 3.00 bits per heavy atom. The molecule has 0 fully saturated rings. The molecule has 0 saturated heterocycles. The summed E-state index contributed by atoms with van der Waals surface area (Å²) in [5.41, 5.74) is 6.82. The Kier molecular flexibility index (Phi) is 4.12. The van der Waals surface area contributed by atoms with Crippen molar-refractivity contribution in [3.63, 3.8) is 0 Å². The second-order valence-electron chi connectivity index (χ2n) is 3.86. The van der Waals surface area contributed by atoms with E-state index in [4.69, 9.17) is 10.5 Å². The molecule has 0 bridgehead atoms. The number of thiophene rings is 1. The van der Waals surface area contributed by atoms with Crippen LogP contribution in [0.3, 0.4) is 0 Å². The molecule has 0 spiro atoms. The molecule has 2 aromatic heterocycles. The second kappa shape index (κ2) is 5.80. The first kappa shape index (κ1) is 12.1. The normalized spacial score (nSPS) is 12.4. The van der Waals surface area contributed by atoms with E-state index in [0.29, 0.717) is 12.5 Å². The monoisotopic (exact) mass is 248 g/mol. The standard InChI is InChI=1S/C13H16N2OS/c1-10(14)12-5-2-7-15-13(12)16-8-6-11-4-3-9-17-11/h2-5,7,9-10H,6,8,14H2,1H3. The molecule has 2 heterocycles. The van der Waals surface area contributed by atoms with Crippen LogP contribution in [0.5, 0.6) is 5.88 Å². The Balaban J connectivity index is 1.94. The number of hydrogen-bond acceptors (Lipinski definition) is 4. The maximum atomic E-state index is 5.86. The molecular formula is C13H16N2OS. The van der Waals surface area contributed by atoms with Gasteiger partial charge < -0.3 is 10.5 Å². The first-order valence-corrected chi connectivity index (χ1v) is 6.51. The van der Waals surface area contributed by atoms with Gasteiger partial charge in [0.25, 0.3) is 0 Å². The van der Waals surface area contributed by atoms with Crippen LogP contribution in [0.4, 0.5) is 0 Å². The lowest BCUT2D eigenvalue weighted by molar-refractivity contribution is 0.305. The van der Waals surface area contributed by atoms with E-state index in [0.717, 1.165) is 12.0 Å². The van der Waals surface area contributed by atoms with Gasteiger partial charge >= 0.3 is 0 Å². The van der Waals surface area contributed by atoms with Crippen molar-refractivity contribution in [1.29, 1.82) is 0 Å². The average molecular weight is 248 g/mol. The molecular weight excluding hydrogens is 232 g/mol. The Morgan fingerprint density at radius 2 is 2.29 bits per heavy atom. The van der Waals surface area contributed by atoms with Gasteiger partial charge in [-0.15, -0.1) is 11.3 Å². The number of hydrogen-bond donors (Lipinski definition) is 1. The van der Waals surface area contributed by atoms with Gasteiger partial charge in [0, 0.05) is 29.1 Å². The average Bonchev–Trinajstić information content (AvgIpc) is 2.82. The highest BCUT2D eigenvalue weighted by Gasteiger charge is 2.08. The molecule has 3 nitrogen and oxygen atoms in total. The van der Waals surface area contributed by atoms with Crippen molar-refractivity contribution in [2.45, 2.75) is 19.4 Å². The molecule has 0 aromatic carbocycles. The molecule has 0 aliphatic carbocycles. The minimum absolute atomic E-state index is 0.0552. The number of aromatic nitrogens is 1. The Hall–Kier alpha value is -1.39. The summed E-state index contributed by atoms with van der Waals surface area (Å²) in [7, 11) is 0. The van der Waals surface area contributed by atoms with Crippen molar-refractivity contribution in [3.8, 4) is 5.88 Å². The fourth-order valence-electron chi connectivity index (χ4n) is 1.57. The summed E-state index contributed by atoms with van der Waals surface area (Å²) in [4.78, 5) is 5.54. The molecule has 0 aliphatic rings. The molecule has 4 heteroatoms. The van der Waals surface area contributed by atoms with Crippen LogP contribution in [-0.2, 0) is 6.42 Å². The van der Waals surface area contributed by atoms with Crippen LogP contribution < -0.4 is 10.5 Å². The minimum Gasteiger partial charge on any atom is -0.477 e. The number of nitrogens with zero attached hydrogens (tertiary/aromatic N) is 1. The van der Waals surface area contributed by atoms with Crippen LogP contribution in [0, 0.1) is 0 Å². The van der Waals surface area contributed by atoms with Crippen LogP contribution in [0.15, 0.2) is 35.8 Å². The zero-order valence-corrected chi connectivity index (χ0v) is 10.6. The Morgan fingerprint density at radius 1 is 1.41 bits per heavy atom. The number of nitrogens with two attached hydrogens (primary N) is 1. The Labute approximate surface area is 105 Å². The summed E-state index contributed by atoms with van der Waals surface area (Å²) >= 11 is 1.74. The molecule has 2 N–H and O–H groups in total. The third-order valence-corrected chi connectivity index (χ3v) is 3.39. The molecule has 1 atom stereocenters. The lowest BCUT2D eigenvalue weighted by atomic mass is 10.1. The summed E-state index contributed by atoms with van der Waals surface area (Å²) in [6.45, 7) is 2.57. The van der Waals surface area contributed by atoms with Crippen molar-refractivity contribution in [1.82, 2.24) is 4.98 Å². The first-order chi connectivity index (χ1) is 8.27. The fraction of sp³-hybridized carbons (Fsp3) is 0.308. The lowest BCUT2D eigenvalue weighted by Gasteiger charge is -2.11. The molecule has 0 amide bonds. The molecule has 2 rings (SSSR count). The minimum atomic E-state index is -0.0552. The zero-order valence-electron chi connectivity index (χ0n) is 9.80. The third-order valence-electron chi connectivity index (χ3n) is 2.46. The zero-order chi connectivity index (χ0) is 12.1. The quantitative estimate of drug-likeness (QED) is 0.885. The van der Waals surface area contributed by atoms with Crippen molar-refractivity contribution in [3.05, 3.63) is 46.3 Å². The predicted molar refractivity (Wildman–Crippen MR) is 70.4 cm³/mol. The van der Waals surface area contributed by atoms with E-state index in [9.17, 15) is 0 Å². The second-order valence-corrected chi connectivity index (χ2v) is 4.90. The number of ether oxygens (including phenoxy) is 1. The van der Waals surface area contributed by atoms with E-state index in [1.807, 2.05) is 25.1 Å². The topological polar surface area (TPSA) is 48.1 Å². The van der Waals surface area contributed by atoms with Gasteiger partial charge in [-0.05, 0) is 24.4 Å². The van der Waals surface area contributed by atoms with E-state index in [1.165, 1.54) is 4.88 Å². The fourth-order valence-corrected chi connectivity index (χ4v) is 2.26. The predicted octanol–water partition coefficient (Wildman–Crippen LogP) is 2.78. The van der Waals surface area contributed by atoms with Crippen LogP contribution in [-0.4, -0.2) is 11.6 Å². The highest BCUT2D eigenvalue weighted by Crippen LogP contribution is 2.20. The number of rotatable bonds is 5. The van der Waals surface area contributed by atoms with Crippen molar-refractivity contribution in [2.75, 3.05) is 6.61 Å². The number of pyridine rings is 1. The highest BCUT2D eigenvalue weighted by atomic mass is 32.1. The summed E-state index contributed by atoms with van der Waals surface area (Å²) < 4.78 is 5.69. The van der Waals surface area contributed by atoms with Gasteiger partial charge in [-0.25, -0.2) is 4.98 Å². The SMILES string of the molecule is CC(N)c1cccnc1OCCc1cccs1. The smallest absolute Gasteiger partial charge is 0.218 e. The van der Waals surface area contributed by atoms with E-state index < -0.39 is 0 Å². The van der Waals surface area contributed by atoms with Gasteiger partial charge in [0.15, 0.2) is 0 Å². The van der Waals surface area contributed by atoms with Crippen molar-refractivity contribution >= 4 is 11.3 Å². The summed E-state index contributed by atoms with van der Waals surface area (Å²) in [6, 6.07) is 7.94. The maximum Gasteiger partial charge on any atom is 0.218 e. The third kappa shape index (κ3) is 3.28. The van der Waals surface area contributed by atoms with E-state index in [1.54, 1.807) is 17.5 Å². The van der Waals surface area contributed by atoms with Gasteiger partial charge in [0.1, 0.15) is 0 Å². The van der Waals surface area contributed by atoms with Crippen LogP contribution in [0.2, 0.25) is 0 Å². The molecule has 0 saturated carbocycles. The molecule has 1 unspecified atom stereocenters. The van der Waals surface area contributed by atoms with Gasteiger partial charge in [-0.3, -0.25) is 0 Å². The highest BCUT2D eigenvalue weighted by molar-refractivity contribution is 7.09. The first-order valence-electron chi connectivity index (χ1n) is 5.63. The van der Waals surface area contributed by atoms with E-state index in [2.05, 4.69) is 16.4 Å². The van der Waals surface area contributed by atoms with Gasteiger partial charge in [-0.1, -0.05) is 12.1 Å². The summed E-state index contributed by atoms with van der Waals surface area (Å²) in [5.74, 6) is 0.652. The van der Waals surface area contributed by atoms with Gasteiger partial charge in [0.05, 0.1) is 6.61 Å². The van der Waals surface area contributed by atoms with Crippen LogP contribution in [0.1, 0.15) is 23.4 Å². The molecule has 90 valence electrons. The molecule has 0 radical (unpaired) electrons. The molecule has 17 heavy (non-hydrogen) atoms.